The molecule has 33 heavy (non-hydrogen) atoms. The van der Waals surface area contributed by atoms with Crippen molar-refractivity contribution < 1.29 is 13.2 Å². The predicted molar refractivity (Wildman–Crippen MR) is 138 cm³/mol. The van der Waals surface area contributed by atoms with Crippen molar-refractivity contribution in [3.8, 4) is 0 Å². The lowest BCUT2D eigenvalue weighted by atomic mass is 10.1. The number of carbonyl (C=O) groups is 1. The number of anilines is 2. The van der Waals surface area contributed by atoms with E-state index < -0.39 is 10.0 Å². The second kappa shape index (κ2) is 10.4. The zero-order valence-electron chi connectivity index (χ0n) is 18.5. The smallest absolute Gasteiger partial charge is 0.261 e. The van der Waals surface area contributed by atoms with E-state index in [4.69, 9.17) is 12.2 Å². The summed E-state index contributed by atoms with van der Waals surface area (Å²) in [6, 6.07) is 19.4. The number of benzene rings is 3. The van der Waals surface area contributed by atoms with E-state index in [1.54, 1.807) is 24.3 Å². The van der Waals surface area contributed by atoms with Gasteiger partial charge in [0.25, 0.3) is 10.0 Å². The van der Waals surface area contributed by atoms with Gasteiger partial charge in [0.15, 0.2) is 5.11 Å². The Morgan fingerprint density at radius 1 is 0.879 bits per heavy atom. The second-order valence-corrected chi connectivity index (χ2v) is 9.73. The van der Waals surface area contributed by atoms with Gasteiger partial charge in [0.1, 0.15) is 0 Å². The van der Waals surface area contributed by atoms with E-state index in [1.165, 1.54) is 18.2 Å². The number of rotatable bonds is 6. The normalized spacial score (nSPS) is 11.2. The molecule has 3 aromatic rings. The van der Waals surface area contributed by atoms with Crippen LogP contribution in [-0.2, 0) is 14.8 Å². The van der Waals surface area contributed by atoms with E-state index in [2.05, 4.69) is 15.4 Å². The summed E-state index contributed by atoms with van der Waals surface area (Å²) in [5.74, 6) is -0.370. The lowest BCUT2D eigenvalue weighted by Gasteiger charge is -2.12. The molecule has 0 saturated carbocycles. The van der Waals surface area contributed by atoms with Crippen LogP contribution in [0, 0.1) is 20.8 Å². The number of amides is 1. The summed E-state index contributed by atoms with van der Waals surface area (Å²) in [5, 5.41) is 5.54. The summed E-state index contributed by atoms with van der Waals surface area (Å²) >= 11 is 5.17. The van der Waals surface area contributed by atoms with Crippen LogP contribution in [0.1, 0.15) is 22.3 Å². The van der Waals surface area contributed by atoms with Crippen molar-refractivity contribution in [1.82, 2.24) is 5.32 Å². The highest BCUT2D eigenvalue weighted by atomic mass is 32.2. The minimum absolute atomic E-state index is 0.109. The maximum Gasteiger partial charge on any atom is 0.261 e. The minimum Gasteiger partial charge on any atom is -0.332 e. The molecule has 0 unspecified atom stereocenters. The highest BCUT2D eigenvalue weighted by molar-refractivity contribution is 7.92. The van der Waals surface area contributed by atoms with Gasteiger partial charge in [0, 0.05) is 11.8 Å². The fourth-order valence-electron chi connectivity index (χ4n) is 3.01. The average molecular weight is 480 g/mol. The number of hydrogen-bond donors (Lipinski definition) is 3. The Balaban J connectivity index is 1.58. The molecule has 170 valence electrons. The Kier molecular flexibility index (Phi) is 7.63. The van der Waals surface area contributed by atoms with Crippen LogP contribution in [0.15, 0.2) is 77.7 Å². The number of nitrogens with one attached hydrogen (secondary N) is 3. The van der Waals surface area contributed by atoms with E-state index in [0.29, 0.717) is 11.4 Å². The van der Waals surface area contributed by atoms with Crippen LogP contribution in [0.5, 0.6) is 0 Å². The van der Waals surface area contributed by atoms with Crippen molar-refractivity contribution in [2.24, 2.45) is 0 Å². The fourth-order valence-corrected chi connectivity index (χ4v) is 4.36. The van der Waals surface area contributed by atoms with Gasteiger partial charge in [0.2, 0.25) is 5.91 Å². The molecule has 0 fully saturated rings. The highest BCUT2D eigenvalue weighted by Crippen LogP contribution is 2.21. The first-order valence-corrected chi connectivity index (χ1v) is 12.1. The van der Waals surface area contributed by atoms with Gasteiger partial charge in [0.05, 0.1) is 10.6 Å². The molecule has 3 rings (SSSR count). The lowest BCUT2D eigenvalue weighted by molar-refractivity contribution is -0.115. The molecule has 0 aromatic heterocycles. The first-order valence-electron chi connectivity index (χ1n) is 10.2. The van der Waals surface area contributed by atoms with E-state index in [0.717, 1.165) is 22.3 Å². The number of carbonyl (C=O) groups excluding carboxylic acids is 1. The molecule has 0 bridgehead atoms. The van der Waals surface area contributed by atoms with Gasteiger partial charge < -0.3 is 5.32 Å². The SMILES string of the molecule is Cc1ccc(C=CC(=O)NC(=S)Nc2ccc(S(=O)(=O)Nc3ccc(C)cc3C)cc2)cc1. The molecule has 3 N–H and O–H groups in total. The fraction of sp³-hybridized carbons (Fsp3) is 0.120. The Hall–Kier alpha value is -3.49. The standard InChI is InChI=1S/C25H25N3O3S2/c1-17-4-7-20(8-5-17)9-15-24(29)27-25(32)26-21-10-12-22(13-11-21)33(30,31)28-23-14-6-18(2)16-19(23)3/h4-16,28H,1-3H3,(H2,26,27,29,32). The van der Waals surface area contributed by atoms with E-state index in [1.807, 2.05) is 57.2 Å². The summed E-state index contributed by atoms with van der Waals surface area (Å²) in [6.45, 7) is 5.79. The van der Waals surface area contributed by atoms with Gasteiger partial charge in [-0.1, -0.05) is 47.5 Å². The lowest BCUT2D eigenvalue weighted by Crippen LogP contribution is -2.32. The van der Waals surface area contributed by atoms with E-state index in [9.17, 15) is 13.2 Å². The second-order valence-electron chi connectivity index (χ2n) is 7.64. The third-order valence-electron chi connectivity index (χ3n) is 4.79. The maximum atomic E-state index is 12.7. The Labute approximate surface area is 199 Å². The van der Waals surface area contributed by atoms with Gasteiger partial charge in [-0.25, -0.2) is 8.42 Å². The predicted octanol–water partition coefficient (Wildman–Crippen LogP) is 4.94. The van der Waals surface area contributed by atoms with Crippen LogP contribution in [0.2, 0.25) is 0 Å². The van der Waals surface area contributed by atoms with Crippen molar-refractivity contribution in [2.45, 2.75) is 25.7 Å². The zero-order chi connectivity index (χ0) is 24.0. The topological polar surface area (TPSA) is 87.3 Å². The maximum absolute atomic E-state index is 12.7. The number of thiocarbonyl (C=S) groups is 1. The van der Waals surface area contributed by atoms with Gasteiger partial charge in [-0.3, -0.25) is 14.8 Å². The first kappa shape index (κ1) is 24.2. The molecule has 0 aliphatic heterocycles. The molecule has 0 aliphatic rings. The van der Waals surface area contributed by atoms with Crippen molar-refractivity contribution >= 4 is 50.7 Å². The molecule has 0 atom stereocenters. The molecule has 3 aromatic carbocycles. The number of hydrogen-bond acceptors (Lipinski definition) is 4. The van der Waals surface area contributed by atoms with Crippen LogP contribution < -0.4 is 15.4 Å². The molecule has 8 heteroatoms. The number of aryl methyl sites for hydroxylation is 3. The Morgan fingerprint density at radius 2 is 1.52 bits per heavy atom. The van der Waals surface area contributed by atoms with Gasteiger partial charge in [-0.2, -0.15) is 0 Å². The first-order chi connectivity index (χ1) is 15.6. The van der Waals surface area contributed by atoms with E-state index in [-0.39, 0.29) is 15.9 Å². The summed E-state index contributed by atoms with van der Waals surface area (Å²) in [6.07, 6.45) is 3.09. The molecule has 0 radical (unpaired) electrons. The summed E-state index contributed by atoms with van der Waals surface area (Å²) < 4.78 is 28.0. The molecular formula is C25H25N3O3S2. The van der Waals surface area contributed by atoms with Crippen molar-refractivity contribution in [3.05, 3.63) is 95.1 Å². The molecule has 0 spiro atoms. The van der Waals surface area contributed by atoms with Gasteiger partial charge >= 0.3 is 0 Å². The molecule has 6 nitrogen and oxygen atoms in total. The third kappa shape index (κ3) is 7.00. The van der Waals surface area contributed by atoms with Crippen LogP contribution in [0.25, 0.3) is 6.08 Å². The zero-order valence-corrected chi connectivity index (χ0v) is 20.2. The minimum atomic E-state index is -3.74. The summed E-state index contributed by atoms with van der Waals surface area (Å²) in [5.41, 5.74) is 5.02. The van der Waals surface area contributed by atoms with Crippen LogP contribution in [0.3, 0.4) is 0 Å². The van der Waals surface area contributed by atoms with Gasteiger partial charge in [-0.05, 0) is 80.5 Å². The van der Waals surface area contributed by atoms with Crippen molar-refractivity contribution in [3.63, 3.8) is 0 Å². The van der Waals surface area contributed by atoms with Crippen LogP contribution in [0.4, 0.5) is 11.4 Å². The largest absolute Gasteiger partial charge is 0.332 e. The molecule has 0 aliphatic carbocycles. The van der Waals surface area contributed by atoms with E-state index >= 15 is 0 Å². The molecule has 1 amide bonds. The van der Waals surface area contributed by atoms with Crippen LogP contribution >= 0.6 is 12.2 Å². The number of sulfonamides is 1. The van der Waals surface area contributed by atoms with Crippen molar-refractivity contribution in [2.75, 3.05) is 10.0 Å². The van der Waals surface area contributed by atoms with Gasteiger partial charge in [-0.15, -0.1) is 0 Å². The quantitative estimate of drug-likeness (QED) is 0.344. The van der Waals surface area contributed by atoms with Crippen LogP contribution in [-0.4, -0.2) is 19.4 Å². The summed E-state index contributed by atoms with van der Waals surface area (Å²) in [4.78, 5) is 12.2. The Morgan fingerprint density at radius 3 is 2.15 bits per heavy atom. The molecular weight excluding hydrogens is 454 g/mol. The highest BCUT2D eigenvalue weighted by Gasteiger charge is 2.15. The summed E-state index contributed by atoms with van der Waals surface area (Å²) in [7, 11) is -3.74. The Bertz CT molecular complexity index is 1300. The average Bonchev–Trinajstić information content (AvgIpc) is 2.75. The monoisotopic (exact) mass is 479 g/mol. The molecule has 0 heterocycles. The molecule has 0 saturated heterocycles. The third-order valence-corrected chi connectivity index (χ3v) is 6.38. The van der Waals surface area contributed by atoms with Crippen molar-refractivity contribution in [1.29, 1.82) is 0 Å².